The molecule has 1 amide bonds. The highest BCUT2D eigenvalue weighted by molar-refractivity contribution is 6.32. The Kier molecular flexibility index (Phi) is 9.97. The van der Waals surface area contributed by atoms with Crippen molar-refractivity contribution in [3.05, 3.63) is 98.3 Å². The number of aromatic nitrogens is 3. The second-order valence-corrected chi connectivity index (χ2v) is 13.4. The summed E-state index contributed by atoms with van der Waals surface area (Å²) < 4.78 is 1.89. The number of pyridine rings is 1. The van der Waals surface area contributed by atoms with Gasteiger partial charge in [0.25, 0.3) is 5.91 Å². The Morgan fingerprint density at radius 3 is 2.71 bits per heavy atom. The number of carboxylic acid groups (broad SMARTS) is 1. The quantitative estimate of drug-likeness (QED) is 0.217. The Balaban J connectivity index is 1.24. The van der Waals surface area contributed by atoms with Crippen molar-refractivity contribution in [2.45, 2.75) is 58.7 Å². The van der Waals surface area contributed by atoms with Crippen LogP contribution in [0.2, 0.25) is 5.02 Å². The number of nitrogens with one attached hydrogen (secondary N) is 1. The molecule has 6 rings (SSSR count). The fourth-order valence-electron chi connectivity index (χ4n) is 6.94. The second-order valence-electron chi connectivity index (χ2n) is 13.0. The fourth-order valence-corrected chi connectivity index (χ4v) is 7.19. The highest BCUT2D eigenvalue weighted by Gasteiger charge is 2.29. The molecule has 0 unspecified atom stereocenters. The molecule has 2 aromatic heterocycles. The molecule has 0 radical (unpaired) electrons. The minimum Gasteiger partial charge on any atom is -0.480 e. The number of amides is 1. The lowest BCUT2D eigenvalue weighted by atomic mass is 9.94. The molecule has 10 nitrogen and oxygen atoms in total. The molecule has 252 valence electrons. The number of hydrogen-bond donors (Lipinski definition) is 2. The first kappa shape index (κ1) is 34.1. The van der Waals surface area contributed by atoms with Gasteiger partial charge in [-0.1, -0.05) is 42.3 Å². The number of nitrogens with zero attached hydrogens (tertiary/aromatic N) is 6. The molecule has 1 fully saturated rings. The van der Waals surface area contributed by atoms with Crippen molar-refractivity contribution >= 4 is 41.3 Å². The molecule has 0 bridgehead atoms. The van der Waals surface area contributed by atoms with Crippen molar-refractivity contribution in [1.29, 1.82) is 5.26 Å². The fraction of sp³-hybridized carbons (Fsp3) is 0.342. The van der Waals surface area contributed by atoms with Gasteiger partial charge in [-0.3, -0.25) is 19.5 Å². The van der Waals surface area contributed by atoms with Gasteiger partial charge in [0.05, 0.1) is 17.0 Å². The number of fused-ring (bicyclic) bond motifs is 1. The maximum absolute atomic E-state index is 13.4. The number of carbonyl (C=O) groups is 2. The third-order valence-electron chi connectivity index (χ3n) is 9.76. The highest BCUT2D eigenvalue weighted by Crippen LogP contribution is 2.33. The van der Waals surface area contributed by atoms with Crippen LogP contribution < -0.4 is 5.32 Å². The predicted octanol–water partition coefficient (Wildman–Crippen LogP) is 6.47. The zero-order valence-electron chi connectivity index (χ0n) is 28.3. The molecule has 0 spiro atoms. The van der Waals surface area contributed by atoms with E-state index in [1.165, 1.54) is 0 Å². The van der Waals surface area contributed by atoms with Gasteiger partial charge < -0.3 is 19.9 Å². The lowest BCUT2D eigenvalue weighted by molar-refractivity contribution is -0.144. The van der Waals surface area contributed by atoms with E-state index < -0.39 is 12.0 Å². The van der Waals surface area contributed by atoms with Crippen LogP contribution in [-0.4, -0.2) is 67.5 Å². The normalized spacial score (nSPS) is 16.8. The lowest BCUT2D eigenvalue weighted by Crippen LogP contribution is -2.44. The molecule has 0 saturated carbocycles. The first-order valence-corrected chi connectivity index (χ1v) is 16.9. The van der Waals surface area contributed by atoms with E-state index in [1.54, 1.807) is 12.3 Å². The Bertz CT molecular complexity index is 2010. The van der Waals surface area contributed by atoms with Crippen molar-refractivity contribution in [2.24, 2.45) is 7.05 Å². The summed E-state index contributed by atoms with van der Waals surface area (Å²) in [5, 5.41) is 23.6. The topological polar surface area (TPSA) is 127 Å². The Morgan fingerprint density at radius 2 is 1.94 bits per heavy atom. The highest BCUT2D eigenvalue weighted by atomic mass is 35.5. The molecule has 1 saturated heterocycles. The number of hydrogen-bond acceptors (Lipinski definition) is 7. The third kappa shape index (κ3) is 7.01. The average Bonchev–Trinajstić information content (AvgIpc) is 3.41. The van der Waals surface area contributed by atoms with Crippen molar-refractivity contribution < 1.29 is 14.7 Å². The molecule has 2 aliphatic heterocycles. The van der Waals surface area contributed by atoms with E-state index in [0.29, 0.717) is 52.9 Å². The summed E-state index contributed by atoms with van der Waals surface area (Å²) in [6.07, 6.45) is 8.70. The van der Waals surface area contributed by atoms with Gasteiger partial charge in [-0.2, -0.15) is 5.26 Å². The van der Waals surface area contributed by atoms with Gasteiger partial charge in [0.15, 0.2) is 5.82 Å². The molecule has 4 aromatic rings. The number of carboxylic acids is 1. The third-order valence-corrected chi connectivity index (χ3v) is 10.1. The molecule has 11 heteroatoms. The maximum atomic E-state index is 13.4. The number of imidazole rings is 1. The molecule has 2 aromatic carbocycles. The number of anilines is 1. The number of benzene rings is 2. The number of rotatable bonds is 8. The summed E-state index contributed by atoms with van der Waals surface area (Å²) in [5.41, 5.74) is 8.66. The molecular formula is C38H40ClN7O3. The van der Waals surface area contributed by atoms with Crippen LogP contribution >= 0.6 is 11.6 Å². The van der Waals surface area contributed by atoms with Crippen molar-refractivity contribution in [3.8, 4) is 17.2 Å². The minimum atomic E-state index is -0.784. The summed E-state index contributed by atoms with van der Waals surface area (Å²) in [6, 6.07) is 13.2. The Labute approximate surface area is 291 Å². The lowest BCUT2D eigenvalue weighted by Gasteiger charge is -2.33. The number of aryl methyl sites for hydroxylation is 1. The van der Waals surface area contributed by atoms with Crippen LogP contribution in [0.1, 0.15) is 74.8 Å². The van der Waals surface area contributed by atoms with E-state index in [-0.39, 0.29) is 5.91 Å². The van der Waals surface area contributed by atoms with Gasteiger partial charge in [0.2, 0.25) is 0 Å². The first-order valence-electron chi connectivity index (χ1n) is 16.5. The van der Waals surface area contributed by atoms with Crippen LogP contribution in [0.15, 0.2) is 42.6 Å². The molecule has 49 heavy (non-hydrogen) atoms. The van der Waals surface area contributed by atoms with E-state index >= 15 is 0 Å². The Hall–Kier alpha value is -4.82. The monoisotopic (exact) mass is 677 g/mol. The van der Waals surface area contributed by atoms with Gasteiger partial charge in [-0.25, -0.2) is 4.98 Å². The van der Waals surface area contributed by atoms with Crippen LogP contribution in [0.5, 0.6) is 0 Å². The van der Waals surface area contributed by atoms with Crippen molar-refractivity contribution in [3.63, 3.8) is 0 Å². The number of carbonyl (C=O) groups excluding carboxylic acids is 1. The number of piperidine rings is 1. The summed E-state index contributed by atoms with van der Waals surface area (Å²) in [4.78, 5) is 38.6. The predicted molar refractivity (Wildman–Crippen MR) is 191 cm³/mol. The van der Waals surface area contributed by atoms with Crippen LogP contribution in [0.25, 0.3) is 23.3 Å². The maximum Gasteiger partial charge on any atom is 0.320 e. The van der Waals surface area contributed by atoms with Gasteiger partial charge in [-0.15, -0.1) is 0 Å². The smallest absolute Gasteiger partial charge is 0.320 e. The van der Waals surface area contributed by atoms with E-state index in [1.807, 2.05) is 79.9 Å². The molecule has 2 aliphatic rings. The number of aliphatic carboxylic acids is 1. The molecular weight excluding hydrogens is 638 g/mol. The number of likely N-dealkylation sites (tertiary alicyclic amines) is 1. The van der Waals surface area contributed by atoms with E-state index in [2.05, 4.69) is 26.3 Å². The van der Waals surface area contributed by atoms with Gasteiger partial charge in [0, 0.05) is 61.3 Å². The number of halogens is 1. The minimum absolute atomic E-state index is 0.283. The molecule has 0 aliphatic carbocycles. The SMILES string of the molecule is Cc1cc(/C=C/c2nccc(-c3cccc(NC(=O)c4nc5c(n4C)CCN(C)C5)c3C)c2C#N)c(Cl)cc1CN1CCCC[C@H]1C(=O)O. The van der Waals surface area contributed by atoms with Gasteiger partial charge in [0.1, 0.15) is 12.1 Å². The number of likely N-dealkylation sites (N-methyl/N-ethyl adjacent to an activating group) is 1. The zero-order chi connectivity index (χ0) is 34.8. The van der Waals surface area contributed by atoms with E-state index in [0.717, 1.165) is 71.6 Å². The molecule has 2 N–H and O–H groups in total. The zero-order valence-corrected chi connectivity index (χ0v) is 29.0. The van der Waals surface area contributed by atoms with E-state index in [9.17, 15) is 20.0 Å². The van der Waals surface area contributed by atoms with Crippen LogP contribution in [-0.2, 0) is 31.4 Å². The van der Waals surface area contributed by atoms with E-state index in [4.69, 9.17) is 11.6 Å². The second kappa shape index (κ2) is 14.3. The van der Waals surface area contributed by atoms with Crippen molar-refractivity contribution in [2.75, 3.05) is 25.5 Å². The standard InChI is InChI=1S/C38H40ClN7O3/c1-23-18-25(30(39)19-26(23)21-46-16-6-5-10-35(46)38(48)49)11-12-32-29(20-40)28(13-15-41-32)27-8-7-9-31(24(27)2)43-37(47)36-42-33-22-44(3)17-14-34(33)45(36)4/h7-9,11-13,15,18-19,35H,5-6,10,14,16-17,21-22H2,1-4H3,(H,43,47)(H,48,49)/b12-11+/t35-/m0/s1. The van der Waals surface area contributed by atoms with Crippen LogP contribution in [0.3, 0.4) is 0 Å². The van der Waals surface area contributed by atoms with Crippen LogP contribution in [0, 0.1) is 25.2 Å². The molecule has 1 atom stereocenters. The first-order chi connectivity index (χ1) is 23.5. The van der Waals surface area contributed by atoms with Crippen molar-refractivity contribution in [1.82, 2.24) is 24.3 Å². The number of nitriles is 1. The van der Waals surface area contributed by atoms with Gasteiger partial charge >= 0.3 is 5.97 Å². The van der Waals surface area contributed by atoms with Gasteiger partial charge in [-0.05, 0) is 92.4 Å². The largest absolute Gasteiger partial charge is 0.480 e. The van der Waals surface area contributed by atoms with Crippen LogP contribution in [0.4, 0.5) is 5.69 Å². The average molecular weight is 678 g/mol. The summed E-state index contributed by atoms with van der Waals surface area (Å²) >= 11 is 6.74. The summed E-state index contributed by atoms with van der Waals surface area (Å²) in [7, 11) is 3.93. The molecule has 4 heterocycles. The Morgan fingerprint density at radius 1 is 1.12 bits per heavy atom. The summed E-state index contributed by atoms with van der Waals surface area (Å²) in [5.74, 6) is -0.694. The summed E-state index contributed by atoms with van der Waals surface area (Å²) in [6.45, 7) is 6.83.